The molecule has 4 rings (SSSR count). The maximum atomic E-state index is 10.9. The molecule has 122 valence electrons. The molecule has 0 aliphatic heterocycles. The first kappa shape index (κ1) is 15.1. The van der Waals surface area contributed by atoms with Gasteiger partial charge in [0.1, 0.15) is 0 Å². The van der Waals surface area contributed by atoms with Crippen LogP contribution in [0, 0.1) is 17.0 Å². The number of nitrogens with two attached hydrogens (primary N) is 1. The van der Waals surface area contributed by atoms with Crippen LogP contribution in [0.25, 0.3) is 32.8 Å². The van der Waals surface area contributed by atoms with Crippen molar-refractivity contribution in [2.75, 3.05) is 5.73 Å². The Bertz CT molecular complexity index is 1140. The number of nitro benzene ring substituents is 1. The first-order chi connectivity index (χ1) is 12.0. The third-order valence-corrected chi connectivity index (χ3v) is 4.52. The second-order valence-electron chi connectivity index (χ2n) is 6.04. The van der Waals surface area contributed by atoms with Gasteiger partial charge in [0.15, 0.2) is 0 Å². The Morgan fingerprint density at radius 2 is 1.80 bits per heavy atom. The number of hydrogen-bond acceptors (Lipinski definition) is 4. The lowest BCUT2D eigenvalue weighted by Crippen LogP contribution is -1.92. The van der Waals surface area contributed by atoms with E-state index in [1.165, 1.54) is 12.1 Å². The quantitative estimate of drug-likeness (QED) is 0.246. The number of aryl methyl sites for hydroxylation is 1. The van der Waals surface area contributed by atoms with Crippen LogP contribution in [0.5, 0.6) is 0 Å². The van der Waals surface area contributed by atoms with Gasteiger partial charge < -0.3 is 5.73 Å². The van der Waals surface area contributed by atoms with Crippen LogP contribution >= 0.6 is 0 Å². The summed E-state index contributed by atoms with van der Waals surface area (Å²) in [6.45, 7) is 2.06. The summed E-state index contributed by atoms with van der Waals surface area (Å²) in [6, 6.07) is 16.4. The summed E-state index contributed by atoms with van der Waals surface area (Å²) in [5.41, 5.74) is 10.6. The highest BCUT2D eigenvalue weighted by Crippen LogP contribution is 2.34. The zero-order valence-electron chi connectivity index (χ0n) is 13.6. The van der Waals surface area contributed by atoms with Gasteiger partial charge in [0.25, 0.3) is 5.69 Å². The van der Waals surface area contributed by atoms with Gasteiger partial charge in [0.05, 0.1) is 10.4 Å². The number of anilines is 1. The molecule has 5 heteroatoms. The second kappa shape index (κ2) is 5.56. The van der Waals surface area contributed by atoms with Crippen molar-refractivity contribution in [3.63, 3.8) is 0 Å². The summed E-state index contributed by atoms with van der Waals surface area (Å²) >= 11 is 0. The van der Waals surface area contributed by atoms with Gasteiger partial charge in [-0.15, -0.1) is 0 Å². The summed E-state index contributed by atoms with van der Waals surface area (Å²) in [7, 11) is 0. The number of rotatable bonds is 2. The van der Waals surface area contributed by atoms with E-state index in [2.05, 4.69) is 11.9 Å². The Hall–Kier alpha value is -3.47. The van der Waals surface area contributed by atoms with E-state index in [-0.39, 0.29) is 10.6 Å². The van der Waals surface area contributed by atoms with Gasteiger partial charge in [0.2, 0.25) is 0 Å². The van der Waals surface area contributed by atoms with Crippen LogP contribution in [0.15, 0.2) is 60.8 Å². The number of hydrogen-bond donors (Lipinski definition) is 1. The highest BCUT2D eigenvalue weighted by molar-refractivity contribution is 6.09. The lowest BCUT2D eigenvalue weighted by molar-refractivity contribution is -0.384. The fourth-order valence-corrected chi connectivity index (χ4v) is 3.28. The lowest BCUT2D eigenvalue weighted by atomic mass is 9.93. The Balaban J connectivity index is 1.98. The molecule has 0 saturated carbocycles. The average molecular weight is 329 g/mol. The molecule has 0 aliphatic carbocycles. The normalized spacial score (nSPS) is 11.1. The number of nitrogen functional groups attached to an aromatic ring is 1. The predicted molar refractivity (Wildman–Crippen MR) is 100 cm³/mol. The molecule has 25 heavy (non-hydrogen) atoms. The summed E-state index contributed by atoms with van der Waals surface area (Å²) < 4.78 is 0. The summed E-state index contributed by atoms with van der Waals surface area (Å²) in [6.07, 6.45) is 1.85. The van der Waals surface area contributed by atoms with E-state index in [0.29, 0.717) is 5.69 Å². The molecule has 0 fully saturated rings. The molecule has 0 atom stereocenters. The lowest BCUT2D eigenvalue weighted by Gasteiger charge is -2.12. The second-order valence-corrected chi connectivity index (χ2v) is 6.04. The topological polar surface area (TPSA) is 82.0 Å². The van der Waals surface area contributed by atoms with E-state index < -0.39 is 0 Å². The number of nitro groups is 1. The zero-order chi connectivity index (χ0) is 17.6. The molecule has 0 spiro atoms. The molecule has 1 aromatic heterocycles. The number of aromatic nitrogens is 1. The largest absolute Gasteiger partial charge is 0.399 e. The van der Waals surface area contributed by atoms with Crippen LogP contribution in [0.1, 0.15) is 5.56 Å². The first-order valence-corrected chi connectivity index (χ1v) is 7.87. The van der Waals surface area contributed by atoms with Crippen LogP contribution in [-0.2, 0) is 0 Å². The first-order valence-electron chi connectivity index (χ1n) is 7.87. The van der Waals surface area contributed by atoms with Crippen molar-refractivity contribution >= 4 is 33.1 Å². The molecule has 0 saturated heterocycles. The standard InChI is InChI=1S/C20H15N3O2/c1-12-17(13-2-6-16(7-3-13)23(24)25)8-4-14-11-22-19-10-15(21)5-9-18(19)20(12)14/h2-11H,21H2,1H3. The van der Waals surface area contributed by atoms with Gasteiger partial charge in [-0.3, -0.25) is 15.1 Å². The summed E-state index contributed by atoms with van der Waals surface area (Å²) in [4.78, 5) is 15.0. The van der Waals surface area contributed by atoms with Crippen molar-refractivity contribution in [2.45, 2.75) is 6.92 Å². The monoisotopic (exact) mass is 329 g/mol. The highest BCUT2D eigenvalue weighted by Gasteiger charge is 2.11. The minimum atomic E-state index is -0.388. The molecular formula is C20H15N3O2. The number of non-ortho nitro benzene ring substituents is 1. The van der Waals surface area contributed by atoms with E-state index in [1.54, 1.807) is 12.1 Å². The van der Waals surface area contributed by atoms with E-state index in [0.717, 1.165) is 38.4 Å². The van der Waals surface area contributed by atoms with Gasteiger partial charge in [-0.25, -0.2) is 0 Å². The molecule has 1 heterocycles. The van der Waals surface area contributed by atoms with Gasteiger partial charge in [-0.1, -0.05) is 18.2 Å². The fourth-order valence-electron chi connectivity index (χ4n) is 3.28. The van der Waals surface area contributed by atoms with Crippen LogP contribution in [-0.4, -0.2) is 9.91 Å². The SMILES string of the molecule is Cc1c(-c2ccc([N+](=O)[O-])cc2)ccc2cnc3cc(N)ccc3c12. The Morgan fingerprint density at radius 3 is 2.52 bits per heavy atom. The minimum absolute atomic E-state index is 0.0901. The van der Waals surface area contributed by atoms with Crippen molar-refractivity contribution in [2.24, 2.45) is 0 Å². The van der Waals surface area contributed by atoms with Gasteiger partial charge in [0, 0.05) is 34.8 Å². The van der Waals surface area contributed by atoms with Crippen LogP contribution in [0.3, 0.4) is 0 Å². The van der Waals surface area contributed by atoms with Crippen LogP contribution in [0.2, 0.25) is 0 Å². The molecule has 0 unspecified atom stereocenters. The van der Waals surface area contributed by atoms with E-state index in [4.69, 9.17) is 5.73 Å². The van der Waals surface area contributed by atoms with Crippen molar-refractivity contribution < 1.29 is 4.92 Å². The molecule has 0 aliphatic rings. The summed E-state index contributed by atoms with van der Waals surface area (Å²) in [5, 5.41) is 14.1. The van der Waals surface area contributed by atoms with Crippen molar-refractivity contribution in [1.82, 2.24) is 4.98 Å². The zero-order valence-corrected chi connectivity index (χ0v) is 13.6. The number of pyridine rings is 1. The average Bonchev–Trinajstić information content (AvgIpc) is 2.61. The van der Waals surface area contributed by atoms with Gasteiger partial charge in [-0.05, 0) is 53.3 Å². The molecule has 2 N–H and O–H groups in total. The number of fused-ring (bicyclic) bond motifs is 3. The third kappa shape index (κ3) is 2.46. The van der Waals surface area contributed by atoms with Crippen LogP contribution < -0.4 is 5.73 Å². The molecule has 0 bridgehead atoms. The Labute approximate surface area is 143 Å². The summed E-state index contributed by atoms with van der Waals surface area (Å²) in [5.74, 6) is 0. The van der Waals surface area contributed by atoms with Gasteiger partial charge >= 0.3 is 0 Å². The molecular weight excluding hydrogens is 314 g/mol. The smallest absolute Gasteiger partial charge is 0.269 e. The minimum Gasteiger partial charge on any atom is -0.399 e. The van der Waals surface area contributed by atoms with E-state index in [1.807, 2.05) is 36.5 Å². The van der Waals surface area contributed by atoms with Crippen molar-refractivity contribution in [3.8, 4) is 11.1 Å². The molecule has 3 aromatic carbocycles. The van der Waals surface area contributed by atoms with E-state index in [9.17, 15) is 10.1 Å². The van der Waals surface area contributed by atoms with Crippen molar-refractivity contribution in [1.29, 1.82) is 0 Å². The molecule has 5 nitrogen and oxygen atoms in total. The molecule has 4 aromatic rings. The molecule has 0 amide bonds. The molecule has 0 radical (unpaired) electrons. The highest BCUT2D eigenvalue weighted by atomic mass is 16.6. The maximum absolute atomic E-state index is 10.9. The number of nitrogens with zero attached hydrogens (tertiary/aromatic N) is 2. The predicted octanol–water partition coefficient (Wildman–Crippen LogP) is 4.85. The Morgan fingerprint density at radius 1 is 1.04 bits per heavy atom. The maximum Gasteiger partial charge on any atom is 0.269 e. The third-order valence-electron chi connectivity index (χ3n) is 4.52. The Kier molecular flexibility index (Phi) is 3.35. The van der Waals surface area contributed by atoms with E-state index >= 15 is 0 Å². The fraction of sp³-hybridized carbons (Fsp3) is 0.0500. The van der Waals surface area contributed by atoms with Gasteiger partial charge in [-0.2, -0.15) is 0 Å². The number of benzene rings is 3. The van der Waals surface area contributed by atoms with Crippen molar-refractivity contribution in [3.05, 3.63) is 76.5 Å². The van der Waals surface area contributed by atoms with Crippen LogP contribution in [0.4, 0.5) is 11.4 Å².